The Labute approximate surface area is 110 Å². The number of thiophene rings is 1. The van der Waals surface area contributed by atoms with E-state index in [1.807, 2.05) is 24.4 Å². The van der Waals surface area contributed by atoms with Crippen molar-refractivity contribution in [2.75, 3.05) is 6.54 Å². The first-order valence-electron chi connectivity index (χ1n) is 6.34. The summed E-state index contributed by atoms with van der Waals surface area (Å²) < 4.78 is 36.7. The third-order valence-corrected chi connectivity index (χ3v) is 3.71. The van der Waals surface area contributed by atoms with Crippen LogP contribution < -0.4 is 5.32 Å². The van der Waals surface area contributed by atoms with Gasteiger partial charge >= 0.3 is 6.18 Å². The van der Waals surface area contributed by atoms with E-state index in [0.29, 0.717) is 0 Å². The summed E-state index contributed by atoms with van der Waals surface area (Å²) in [6, 6.07) is 3.98. The van der Waals surface area contributed by atoms with Crippen molar-refractivity contribution >= 4 is 11.3 Å². The van der Waals surface area contributed by atoms with Crippen LogP contribution in [0.2, 0.25) is 0 Å². The number of nitrogens with one attached hydrogen (secondary N) is 1. The number of hydrogen-bond donors (Lipinski definition) is 1. The van der Waals surface area contributed by atoms with E-state index in [9.17, 15) is 13.2 Å². The predicted molar refractivity (Wildman–Crippen MR) is 70.0 cm³/mol. The van der Waals surface area contributed by atoms with Gasteiger partial charge in [-0.05, 0) is 43.7 Å². The molecule has 18 heavy (non-hydrogen) atoms. The lowest BCUT2D eigenvalue weighted by Gasteiger charge is -2.19. The molecular formula is C13H20F3NS. The third-order valence-electron chi connectivity index (χ3n) is 2.78. The molecule has 0 aromatic carbocycles. The Hall–Kier alpha value is -0.550. The van der Waals surface area contributed by atoms with Crippen LogP contribution in [0.15, 0.2) is 17.5 Å². The van der Waals surface area contributed by atoms with Crippen molar-refractivity contribution in [2.24, 2.45) is 0 Å². The molecule has 0 saturated carbocycles. The Morgan fingerprint density at radius 2 is 2.11 bits per heavy atom. The van der Waals surface area contributed by atoms with Crippen molar-refractivity contribution in [2.45, 2.75) is 51.2 Å². The zero-order chi connectivity index (χ0) is 13.4. The van der Waals surface area contributed by atoms with E-state index in [0.717, 1.165) is 25.8 Å². The molecule has 0 saturated heterocycles. The van der Waals surface area contributed by atoms with Crippen molar-refractivity contribution in [3.63, 3.8) is 0 Å². The van der Waals surface area contributed by atoms with Crippen LogP contribution in [0.25, 0.3) is 0 Å². The molecule has 1 aromatic heterocycles. The Morgan fingerprint density at radius 3 is 2.67 bits per heavy atom. The van der Waals surface area contributed by atoms with E-state index in [2.05, 4.69) is 5.32 Å². The Morgan fingerprint density at radius 1 is 1.33 bits per heavy atom. The van der Waals surface area contributed by atoms with Gasteiger partial charge in [0, 0.05) is 17.3 Å². The van der Waals surface area contributed by atoms with Gasteiger partial charge in [0.2, 0.25) is 0 Å². The summed E-state index contributed by atoms with van der Waals surface area (Å²) >= 11 is 1.66. The van der Waals surface area contributed by atoms with Crippen molar-refractivity contribution in [1.29, 1.82) is 0 Å². The van der Waals surface area contributed by atoms with E-state index in [1.165, 1.54) is 4.88 Å². The van der Waals surface area contributed by atoms with Crippen molar-refractivity contribution in [1.82, 2.24) is 5.32 Å². The monoisotopic (exact) mass is 279 g/mol. The Kier molecular flexibility index (Phi) is 6.71. The summed E-state index contributed by atoms with van der Waals surface area (Å²) in [4.78, 5) is 1.24. The highest BCUT2D eigenvalue weighted by molar-refractivity contribution is 7.09. The van der Waals surface area contributed by atoms with Gasteiger partial charge in [0.15, 0.2) is 0 Å². The number of halogens is 3. The molecule has 0 aliphatic heterocycles. The SMILES string of the molecule is CCCNC(CCc1cccs1)CCC(F)(F)F. The molecule has 1 nitrogen and oxygen atoms in total. The van der Waals surface area contributed by atoms with Crippen LogP contribution in [0.3, 0.4) is 0 Å². The lowest BCUT2D eigenvalue weighted by Crippen LogP contribution is -2.31. The van der Waals surface area contributed by atoms with Crippen LogP contribution in [0.4, 0.5) is 13.2 Å². The van der Waals surface area contributed by atoms with Gasteiger partial charge in [-0.25, -0.2) is 0 Å². The zero-order valence-electron chi connectivity index (χ0n) is 10.6. The second-order valence-corrected chi connectivity index (χ2v) is 5.46. The molecule has 0 radical (unpaired) electrons. The maximum Gasteiger partial charge on any atom is 0.389 e. The van der Waals surface area contributed by atoms with Crippen LogP contribution >= 0.6 is 11.3 Å². The molecule has 104 valence electrons. The molecule has 1 N–H and O–H groups in total. The fraction of sp³-hybridized carbons (Fsp3) is 0.692. The lowest BCUT2D eigenvalue weighted by molar-refractivity contribution is -0.136. The van der Waals surface area contributed by atoms with E-state index in [1.54, 1.807) is 11.3 Å². The predicted octanol–water partition coefficient (Wildman–Crippen LogP) is 4.39. The van der Waals surface area contributed by atoms with Gasteiger partial charge in [-0.2, -0.15) is 13.2 Å². The Bertz CT molecular complexity index is 309. The summed E-state index contributed by atoms with van der Waals surface area (Å²) in [6.45, 7) is 2.81. The molecular weight excluding hydrogens is 259 g/mol. The molecule has 1 heterocycles. The van der Waals surface area contributed by atoms with Crippen molar-refractivity contribution in [3.05, 3.63) is 22.4 Å². The average Bonchev–Trinajstić information content (AvgIpc) is 2.79. The van der Waals surface area contributed by atoms with Gasteiger partial charge in [0.1, 0.15) is 0 Å². The highest BCUT2D eigenvalue weighted by atomic mass is 32.1. The number of rotatable bonds is 8. The molecule has 1 aromatic rings. The zero-order valence-corrected chi connectivity index (χ0v) is 11.4. The van der Waals surface area contributed by atoms with Gasteiger partial charge in [-0.1, -0.05) is 13.0 Å². The van der Waals surface area contributed by atoms with E-state index < -0.39 is 12.6 Å². The van der Waals surface area contributed by atoms with Gasteiger partial charge < -0.3 is 5.32 Å². The highest BCUT2D eigenvalue weighted by Crippen LogP contribution is 2.23. The topological polar surface area (TPSA) is 12.0 Å². The third kappa shape index (κ3) is 7.01. The van der Waals surface area contributed by atoms with Crippen LogP contribution in [-0.4, -0.2) is 18.8 Å². The fourth-order valence-corrected chi connectivity index (χ4v) is 2.53. The van der Waals surface area contributed by atoms with Crippen LogP contribution in [0.1, 0.15) is 37.5 Å². The van der Waals surface area contributed by atoms with Gasteiger partial charge in [0.05, 0.1) is 0 Å². The lowest BCUT2D eigenvalue weighted by atomic mass is 10.0. The smallest absolute Gasteiger partial charge is 0.314 e. The number of hydrogen-bond acceptors (Lipinski definition) is 2. The molecule has 0 bridgehead atoms. The molecule has 0 aliphatic carbocycles. The summed E-state index contributed by atoms with van der Waals surface area (Å²) in [5.41, 5.74) is 0. The first-order chi connectivity index (χ1) is 8.51. The van der Waals surface area contributed by atoms with Crippen LogP contribution in [0, 0.1) is 0 Å². The normalized spacial score (nSPS) is 13.8. The van der Waals surface area contributed by atoms with Gasteiger partial charge in [-0.15, -0.1) is 11.3 Å². The van der Waals surface area contributed by atoms with Crippen LogP contribution in [-0.2, 0) is 6.42 Å². The van der Waals surface area contributed by atoms with Crippen molar-refractivity contribution in [3.8, 4) is 0 Å². The van der Waals surface area contributed by atoms with Gasteiger partial charge in [0.25, 0.3) is 0 Å². The van der Waals surface area contributed by atoms with E-state index in [-0.39, 0.29) is 12.5 Å². The molecule has 0 fully saturated rings. The molecule has 0 aliphatic rings. The first kappa shape index (κ1) is 15.5. The van der Waals surface area contributed by atoms with Crippen molar-refractivity contribution < 1.29 is 13.2 Å². The standard InChI is InChI=1S/C13H20F3NS/c1-2-9-17-11(7-8-13(14,15)16)5-6-12-4-3-10-18-12/h3-4,10-11,17H,2,5-9H2,1H3. The minimum atomic E-state index is -4.05. The molecule has 0 spiro atoms. The maximum absolute atomic E-state index is 12.2. The van der Waals surface area contributed by atoms with Crippen LogP contribution in [0.5, 0.6) is 0 Å². The number of alkyl halides is 3. The van der Waals surface area contributed by atoms with E-state index in [4.69, 9.17) is 0 Å². The minimum Gasteiger partial charge on any atom is -0.314 e. The molecule has 0 amide bonds. The molecule has 5 heteroatoms. The fourth-order valence-electron chi connectivity index (χ4n) is 1.81. The first-order valence-corrected chi connectivity index (χ1v) is 7.21. The molecule has 1 atom stereocenters. The Balaban J connectivity index is 2.34. The molecule has 1 unspecified atom stereocenters. The summed E-state index contributed by atoms with van der Waals surface area (Å²) in [5.74, 6) is 0. The largest absolute Gasteiger partial charge is 0.389 e. The second-order valence-electron chi connectivity index (χ2n) is 4.42. The second kappa shape index (κ2) is 7.79. The summed E-state index contributed by atoms with van der Waals surface area (Å²) in [6.07, 6.45) is -1.99. The van der Waals surface area contributed by atoms with E-state index >= 15 is 0 Å². The maximum atomic E-state index is 12.2. The summed E-state index contributed by atoms with van der Waals surface area (Å²) in [5, 5.41) is 5.21. The highest BCUT2D eigenvalue weighted by Gasteiger charge is 2.28. The minimum absolute atomic E-state index is 0.0336. The quantitative estimate of drug-likeness (QED) is 0.744. The summed E-state index contributed by atoms with van der Waals surface area (Å²) in [7, 11) is 0. The molecule has 1 rings (SSSR count). The number of aryl methyl sites for hydroxylation is 1. The van der Waals surface area contributed by atoms with Gasteiger partial charge in [-0.3, -0.25) is 0 Å². The average molecular weight is 279 g/mol.